The van der Waals surface area contributed by atoms with Gasteiger partial charge in [0.2, 0.25) is 0 Å². The van der Waals surface area contributed by atoms with Gasteiger partial charge < -0.3 is 0 Å². The number of hydrogen-bond donors (Lipinski definition) is 0. The Kier molecular flexibility index (Phi) is 10.9. The Bertz CT molecular complexity index is 147. The quantitative estimate of drug-likeness (QED) is 0.451. The highest BCUT2D eigenvalue weighted by molar-refractivity contribution is 4.66. The molecule has 0 saturated heterocycles. The van der Waals surface area contributed by atoms with Crippen LogP contribution in [-0.4, -0.2) is 0 Å². The predicted molar refractivity (Wildman–Crippen MR) is 84.9 cm³/mol. The minimum atomic E-state index is 1.01. The van der Waals surface area contributed by atoms with Crippen LogP contribution in [-0.2, 0) is 0 Å². The molecule has 0 heterocycles. The van der Waals surface area contributed by atoms with E-state index in [4.69, 9.17) is 0 Å². The Balaban J connectivity index is 0.000000283. The van der Waals surface area contributed by atoms with Crippen molar-refractivity contribution >= 4 is 0 Å². The average Bonchev–Trinajstić information content (AvgIpc) is 2.36. The maximum atomic E-state index is 2.37. The van der Waals surface area contributed by atoms with E-state index in [1.54, 1.807) is 0 Å². The van der Waals surface area contributed by atoms with E-state index in [1.165, 1.54) is 51.4 Å². The van der Waals surface area contributed by atoms with E-state index in [0.717, 1.165) is 23.7 Å². The van der Waals surface area contributed by atoms with Crippen LogP contribution in [0.3, 0.4) is 0 Å². The maximum Gasteiger partial charge on any atom is -0.0440 e. The monoisotopic (exact) mass is 254 g/mol. The first-order chi connectivity index (χ1) is 8.58. The molecule has 2 fully saturated rings. The SMILES string of the molecule is CC.CC1CCC(C)CC1.CC1CCCC(C)C1. The summed E-state index contributed by atoms with van der Waals surface area (Å²) in [4.78, 5) is 0. The summed E-state index contributed by atoms with van der Waals surface area (Å²) in [6, 6.07) is 0. The van der Waals surface area contributed by atoms with Crippen LogP contribution in [0.5, 0.6) is 0 Å². The lowest BCUT2D eigenvalue weighted by Crippen LogP contribution is -2.09. The molecule has 2 rings (SSSR count). The van der Waals surface area contributed by atoms with Crippen molar-refractivity contribution in [3.63, 3.8) is 0 Å². The summed E-state index contributed by atoms with van der Waals surface area (Å²) in [5, 5.41) is 0. The molecule has 0 radical (unpaired) electrons. The molecular weight excluding hydrogens is 216 g/mol. The zero-order chi connectivity index (χ0) is 14.0. The van der Waals surface area contributed by atoms with E-state index in [0.29, 0.717) is 0 Å². The van der Waals surface area contributed by atoms with Crippen molar-refractivity contribution in [1.82, 2.24) is 0 Å². The van der Waals surface area contributed by atoms with Gasteiger partial charge in [0, 0.05) is 0 Å². The molecule has 0 heteroatoms. The van der Waals surface area contributed by atoms with Gasteiger partial charge in [0.25, 0.3) is 0 Å². The van der Waals surface area contributed by atoms with E-state index < -0.39 is 0 Å². The summed E-state index contributed by atoms with van der Waals surface area (Å²) >= 11 is 0. The standard InChI is InChI=1S/2C8H16.C2H6/c1-7-3-5-8(2)6-4-7;1-7-4-3-5-8(2)6-7;1-2/h2*7-8H,3-6H2,1-2H3;1-2H3. The Morgan fingerprint density at radius 2 is 0.833 bits per heavy atom. The highest BCUT2D eigenvalue weighted by atomic mass is 14.2. The van der Waals surface area contributed by atoms with Gasteiger partial charge in [0.1, 0.15) is 0 Å². The summed E-state index contributed by atoms with van der Waals surface area (Å²) in [7, 11) is 0. The average molecular weight is 255 g/mol. The fourth-order valence-electron chi connectivity index (χ4n) is 3.16. The Morgan fingerprint density at radius 3 is 1.06 bits per heavy atom. The molecule has 0 aromatic carbocycles. The lowest BCUT2D eigenvalue weighted by atomic mass is 9.84. The van der Waals surface area contributed by atoms with Gasteiger partial charge in [0.15, 0.2) is 0 Å². The lowest BCUT2D eigenvalue weighted by molar-refractivity contribution is 0.301. The van der Waals surface area contributed by atoms with Gasteiger partial charge in [-0.25, -0.2) is 0 Å². The summed E-state index contributed by atoms with van der Waals surface area (Å²) in [6.45, 7) is 13.5. The van der Waals surface area contributed by atoms with E-state index in [9.17, 15) is 0 Å². The Morgan fingerprint density at radius 1 is 0.500 bits per heavy atom. The van der Waals surface area contributed by atoms with Crippen molar-refractivity contribution in [2.75, 3.05) is 0 Å². The van der Waals surface area contributed by atoms with Gasteiger partial charge in [-0.15, -0.1) is 0 Å². The summed E-state index contributed by atoms with van der Waals surface area (Å²) < 4.78 is 0. The fourth-order valence-corrected chi connectivity index (χ4v) is 3.16. The summed E-state index contributed by atoms with van der Waals surface area (Å²) in [5.41, 5.74) is 0. The highest BCUT2D eigenvalue weighted by Crippen LogP contribution is 2.28. The minimum absolute atomic E-state index is 1.01. The third-order valence-corrected chi connectivity index (χ3v) is 4.50. The smallest absolute Gasteiger partial charge is 0.0440 e. The molecule has 0 aliphatic heterocycles. The van der Waals surface area contributed by atoms with Gasteiger partial charge >= 0.3 is 0 Å². The van der Waals surface area contributed by atoms with Crippen molar-refractivity contribution in [3.05, 3.63) is 0 Å². The van der Waals surface area contributed by atoms with Gasteiger partial charge in [-0.1, -0.05) is 86.5 Å². The third kappa shape index (κ3) is 9.00. The van der Waals surface area contributed by atoms with Gasteiger partial charge in [-0.3, -0.25) is 0 Å². The van der Waals surface area contributed by atoms with Crippen LogP contribution in [0.25, 0.3) is 0 Å². The first kappa shape index (κ1) is 18.0. The molecule has 0 spiro atoms. The molecule has 2 atom stereocenters. The molecule has 110 valence electrons. The van der Waals surface area contributed by atoms with E-state index >= 15 is 0 Å². The van der Waals surface area contributed by atoms with Crippen LogP contribution in [0.4, 0.5) is 0 Å². The van der Waals surface area contributed by atoms with Crippen molar-refractivity contribution in [2.45, 2.75) is 92.9 Å². The van der Waals surface area contributed by atoms with Crippen LogP contribution in [0.1, 0.15) is 92.9 Å². The molecule has 2 aliphatic rings. The molecule has 0 amide bonds. The first-order valence-electron chi connectivity index (χ1n) is 8.58. The number of hydrogen-bond acceptors (Lipinski definition) is 0. The molecule has 0 nitrogen and oxygen atoms in total. The van der Waals surface area contributed by atoms with Crippen LogP contribution in [0.15, 0.2) is 0 Å². The van der Waals surface area contributed by atoms with Crippen LogP contribution in [0, 0.1) is 23.7 Å². The predicted octanol–water partition coefficient (Wildman–Crippen LogP) is 6.69. The van der Waals surface area contributed by atoms with Crippen molar-refractivity contribution in [1.29, 1.82) is 0 Å². The van der Waals surface area contributed by atoms with Crippen LogP contribution in [0.2, 0.25) is 0 Å². The minimum Gasteiger partial charge on any atom is -0.0683 e. The first-order valence-corrected chi connectivity index (χ1v) is 8.58. The zero-order valence-corrected chi connectivity index (χ0v) is 14.0. The maximum absolute atomic E-state index is 2.37. The second-order valence-electron chi connectivity index (χ2n) is 6.74. The Labute approximate surface area is 117 Å². The molecule has 2 unspecified atom stereocenters. The van der Waals surface area contributed by atoms with E-state index in [1.807, 2.05) is 13.8 Å². The molecule has 2 aliphatic carbocycles. The molecule has 0 aromatic heterocycles. The van der Waals surface area contributed by atoms with E-state index in [2.05, 4.69) is 27.7 Å². The largest absolute Gasteiger partial charge is 0.0683 e. The molecule has 0 bridgehead atoms. The van der Waals surface area contributed by atoms with Crippen molar-refractivity contribution in [2.24, 2.45) is 23.7 Å². The fraction of sp³-hybridized carbons (Fsp3) is 1.00. The van der Waals surface area contributed by atoms with Crippen LogP contribution >= 0.6 is 0 Å². The van der Waals surface area contributed by atoms with E-state index in [-0.39, 0.29) is 0 Å². The molecule has 2 saturated carbocycles. The van der Waals surface area contributed by atoms with Gasteiger partial charge in [0.05, 0.1) is 0 Å². The zero-order valence-electron chi connectivity index (χ0n) is 14.0. The number of rotatable bonds is 0. The summed E-state index contributed by atoms with van der Waals surface area (Å²) in [5.74, 6) is 4.06. The molecule has 0 N–H and O–H groups in total. The third-order valence-electron chi connectivity index (χ3n) is 4.50. The van der Waals surface area contributed by atoms with Gasteiger partial charge in [-0.2, -0.15) is 0 Å². The van der Waals surface area contributed by atoms with Gasteiger partial charge in [-0.05, 0) is 30.1 Å². The summed E-state index contributed by atoms with van der Waals surface area (Å²) in [6.07, 6.45) is 11.8. The lowest BCUT2D eigenvalue weighted by Gasteiger charge is -2.22. The second kappa shape index (κ2) is 10.9. The molecular formula is C18H38. The van der Waals surface area contributed by atoms with Crippen molar-refractivity contribution < 1.29 is 0 Å². The van der Waals surface area contributed by atoms with Crippen LogP contribution < -0.4 is 0 Å². The topological polar surface area (TPSA) is 0 Å². The molecule has 18 heavy (non-hydrogen) atoms. The molecule has 0 aromatic rings. The van der Waals surface area contributed by atoms with Crippen molar-refractivity contribution in [3.8, 4) is 0 Å². The highest BCUT2D eigenvalue weighted by Gasteiger charge is 2.14. The Hall–Kier alpha value is 0. The normalized spacial score (nSPS) is 35.7. The second-order valence-corrected chi connectivity index (χ2v) is 6.74.